The molecule has 7 heteroatoms. The number of aryl methyl sites for hydroxylation is 1. The number of rotatable bonds is 7. The highest BCUT2D eigenvalue weighted by molar-refractivity contribution is 7.99. The van der Waals surface area contributed by atoms with Crippen LogP contribution in [0.4, 0.5) is 0 Å². The molecule has 0 amide bonds. The van der Waals surface area contributed by atoms with Crippen LogP contribution in [0.25, 0.3) is 22.1 Å². The summed E-state index contributed by atoms with van der Waals surface area (Å²) in [6, 6.07) is 15.1. The molecule has 0 aliphatic rings. The van der Waals surface area contributed by atoms with Gasteiger partial charge >= 0.3 is 0 Å². The quantitative estimate of drug-likeness (QED) is 0.301. The number of nitrogens with zero attached hydrogens (tertiary/aromatic N) is 4. The summed E-state index contributed by atoms with van der Waals surface area (Å²) in [6.07, 6.45) is 2.17. The highest BCUT2D eigenvalue weighted by Crippen LogP contribution is 2.27. The summed E-state index contributed by atoms with van der Waals surface area (Å²) < 4.78 is 2.20. The number of aromatic nitrogens is 4. The molecule has 0 N–H and O–H groups in total. The van der Waals surface area contributed by atoms with Crippen LogP contribution in [0, 0.1) is 0 Å². The highest BCUT2D eigenvalue weighted by atomic mass is 35.5. The molecule has 2 aromatic carbocycles. The maximum absolute atomic E-state index is 12.4. The van der Waals surface area contributed by atoms with E-state index in [1.165, 1.54) is 11.8 Å². The fraction of sp³-hybridized carbons (Fsp3) is 0.238. The van der Waals surface area contributed by atoms with E-state index in [1.54, 1.807) is 24.3 Å². The largest absolute Gasteiger partial charge is 0.324 e. The molecule has 0 atom stereocenters. The Labute approximate surface area is 172 Å². The average molecular weight is 411 g/mol. The number of fused-ring (bicyclic) bond motifs is 3. The summed E-state index contributed by atoms with van der Waals surface area (Å²) in [6.45, 7) is 3.05. The number of hydrogen-bond donors (Lipinski definition) is 0. The molecule has 0 unspecified atom stereocenters. The van der Waals surface area contributed by atoms with E-state index in [0.29, 0.717) is 15.7 Å². The van der Waals surface area contributed by atoms with Gasteiger partial charge in [0.2, 0.25) is 5.16 Å². The Morgan fingerprint density at radius 2 is 1.89 bits per heavy atom. The first kappa shape index (κ1) is 18.9. The summed E-state index contributed by atoms with van der Waals surface area (Å²) in [5.74, 6) is 0.265. The van der Waals surface area contributed by atoms with E-state index in [1.807, 2.05) is 18.2 Å². The van der Waals surface area contributed by atoms with E-state index in [0.717, 1.165) is 41.5 Å². The van der Waals surface area contributed by atoms with E-state index < -0.39 is 0 Å². The van der Waals surface area contributed by atoms with Crippen molar-refractivity contribution in [1.82, 2.24) is 19.7 Å². The molecule has 4 rings (SSSR count). The number of carbonyl (C=O) groups excluding carboxylic acids is 1. The molecule has 142 valence electrons. The Kier molecular flexibility index (Phi) is 5.59. The number of carbonyl (C=O) groups is 1. The van der Waals surface area contributed by atoms with Crippen LogP contribution < -0.4 is 0 Å². The summed E-state index contributed by atoms with van der Waals surface area (Å²) in [5, 5.41) is 10.8. The molecule has 0 aliphatic heterocycles. The molecule has 0 fully saturated rings. The van der Waals surface area contributed by atoms with Gasteiger partial charge in [0.25, 0.3) is 0 Å². The van der Waals surface area contributed by atoms with E-state index >= 15 is 0 Å². The number of benzene rings is 2. The standard InChI is InChI=1S/C21H19ClN4OS/c1-2-3-12-26-17-7-5-4-6-16(17)19-20(26)23-21(25-24-19)28-13-18(27)14-8-10-15(22)11-9-14/h4-11H,2-3,12-13H2,1H3. The Bertz CT molecular complexity index is 1140. The normalized spacial score (nSPS) is 11.4. The van der Waals surface area contributed by atoms with Crippen molar-refractivity contribution < 1.29 is 4.79 Å². The minimum Gasteiger partial charge on any atom is -0.324 e. The third-order valence-electron chi connectivity index (χ3n) is 4.59. The molecule has 0 bridgehead atoms. The monoisotopic (exact) mass is 410 g/mol. The van der Waals surface area contributed by atoms with Gasteiger partial charge in [0.1, 0.15) is 5.52 Å². The van der Waals surface area contributed by atoms with Gasteiger partial charge in [-0.1, -0.05) is 54.9 Å². The van der Waals surface area contributed by atoms with Gasteiger partial charge < -0.3 is 4.57 Å². The molecule has 2 aromatic heterocycles. The topological polar surface area (TPSA) is 60.7 Å². The first-order chi connectivity index (χ1) is 13.7. The van der Waals surface area contributed by atoms with Gasteiger partial charge in [-0.05, 0) is 36.8 Å². The van der Waals surface area contributed by atoms with Gasteiger partial charge in [0, 0.05) is 22.5 Å². The van der Waals surface area contributed by atoms with Crippen LogP contribution >= 0.6 is 23.4 Å². The van der Waals surface area contributed by atoms with Crippen molar-refractivity contribution in [2.75, 3.05) is 5.75 Å². The molecule has 28 heavy (non-hydrogen) atoms. The molecular weight excluding hydrogens is 392 g/mol. The van der Waals surface area contributed by atoms with Crippen LogP contribution in [0.3, 0.4) is 0 Å². The first-order valence-corrected chi connectivity index (χ1v) is 10.6. The van der Waals surface area contributed by atoms with Crippen LogP contribution in [-0.2, 0) is 6.54 Å². The maximum atomic E-state index is 12.4. The number of unbranched alkanes of at least 4 members (excludes halogenated alkanes) is 1. The predicted octanol–water partition coefficient (Wildman–Crippen LogP) is 5.41. The molecule has 4 aromatic rings. The lowest BCUT2D eigenvalue weighted by atomic mass is 10.1. The predicted molar refractivity (Wildman–Crippen MR) is 114 cm³/mol. The zero-order chi connectivity index (χ0) is 19.5. The summed E-state index contributed by atoms with van der Waals surface area (Å²) >= 11 is 7.19. The summed E-state index contributed by atoms with van der Waals surface area (Å²) in [7, 11) is 0. The van der Waals surface area contributed by atoms with Gasteiger partial charge in [0.15, 0.2) is 11.4 Å². The zero-order valence-corrected chi connectivity index (χ0v) is 17.0. The average Bonchev–Trinajstić information content (AvgIpc) is 3.04. The lowest BCUT2D eigenvalue weighted by Crippen LogP contribution is -2.04. The van der Waals surface area contributed by atoms with Crippen molar-refractivity contribution in [2.24, 2.45) is 0 Å². The minimum atomic E-state index is 0.0110. The van der Waals surface area contributed by atoms with E-state index in [2.05, 4.69) is 27.8 Å². The molecule has 0 spiro atoms. The molecule has 0 saturated carbocycles. The van der Waals surface area contributed by atoms with Crippen molar-refractivity contribution in [1.29, 1.82) is 0 Å². The van der Waals surface area contributed by atoms with Crippen molar-refractivity contribution in [3.8, 4) is 0 Å². The Balaban J connectivity index is 1.62. The summed E-state index contributed by atoms with van der Waals surface area (Å²) in [4.78, 5) is 17.1. The van der Waals surface area contributed by atoms with E-state index in [9.17, 15) is 4.79 Å². The molecule has 0 aliphatic carbocycles. The Morgan fingerprint density at radius 3 is 2.68 bits per heavy atom. The third-order valence-corrected chi connectivity index (χ3v) is 5.68. The second-order valence-corrected chi connectivity index (χ2v) is 7.89. The SMILES string of the molecule is CCCCn1c2ccccc2c2nnc(SCC(=O)c3ccc(Cl)cc3)nc21. The molecular formula is C21H19ClN4OS. The lowest BCUT2D eigenvalue weighted by molar-refractivity contribution is 0.102. The van der Waals surface area contributed by atoms with Gasteiger partial charge in [-0.25, -0.2) is 4.98 Å². The zero-order valence-electron chi connectivity index (χ0n) is 15.4. The number of thioether (sulfide) groups is 1. The van der Waals surface area contributed by atoms with Crippen LogP contribution in [0.2, 0.25) is 5.02 Å². The van der Waals surface area contributed by atoms with Gasteiger partial charge in [-0.3, -0.25) is 4.79 Å². The first-order valence-electron chi connectivity index (χ1n) is 9.20. The second-order valence-electron chi connectivity index (χ2n) is 6.51. The van der Waals surface area contributed by atoms with Crippen molar-refractivity contribution in [3.63, 3.8) is 0 Å². The molecule has 2 heterocycles. The number of para-hydroxylation sites is 1. The van der Waals surface area contributed by atoms with Gasteiger partial charge in [-0.2, -0.15) is 0 Å². The van der Waals surface area contributed by atoms with E-state index in [-0.39, 0.29) is 11.5 Å². The molecule has 0 radical (unpaired) electrons. The van der Waals surface area contributed by atoms with Crippen LogP contribution in [0.5, 0.6) is 0 Å². The molecule has 0 saturated heterocycles. The fourth-order valence-corrected chi connectivity index (χ4v) is 3.94. The number of hydrogen-bond acceptors (Lipinski definition) is 5. The number of ketones is 1. The maximum Gasteiger partial charge on any atom is 0.211 e. The fourth-order valence-electron chi connectivity index (χ4n) is 3.14. The van der Waals surface area contributed by atoms with Crippen molar-refractivity contribution >= 4 is 51.2 Å². The van der Waals surface area contributed by atoms with Crippen LogP contribution in [0.15, 0.2) is 53.7 Å². The van der Waals surface area contributed by atoms with Crippen molar-refractivity contribution in [3.05, 3.63) is 59.1 Å². The van der Waals surface area contributed by atoms with Crippen molar-refractivity contribution in [2.45, 2.75) is 31.5 Å². The minimum absolute atomic E-state index is 0.0110. The van der Waals surface area contributed by atoms with Crippen LogP contribution in [-0.4, -0.2) is 31.3 Å². The van der Waals surface area contributed by atoms with E-state index in [4.69, 9.17) is 16.6 Å². The number of Topliss-reactive ketones (excluding diaryl/α,β-unsaturated/α-hetero) is 1. The second kappa shape index (κ2) is 8.29. The Hall–Kier alpha value is -2.44. The van der Waals surface area contributed by atoms with Gasteiger partial charge in [0.05, 0.1) is 11.3 Å². The van der Waals surface area contributed by atoms with Gasteiger partial charge in [-0.15, -0.1) is 10.2 Å². The molecule has 5 nitrogen and oxygen atoms in total. The highest BCUT2D eigenvalue weighted by Gasteiger charge is 2.15. The summed E-state index contributed by atoms with van der Waals surface area (Å²) in [5.41, 5.74) is 3.38. The number of halogens is 1. The lowest BCUT2D eigenvalue weighted by Gasteiger charge is -2.06. The smallest absolute Gasteiger partial charge is 0.211 e. The Morgan fingerprint density at radius 1 is 1.11 bits per heavy atom. The van der Waals surface area contributed by atoms with Crippen LogP contribution in [0.1, 0.15) is 30.1 Å². The third kappa shape index (κ3) is 3.75.